The molecule has 0 spiro atoms. The molecule has 2 heterocycles. The van der Waals surface area contributed by atoms with E-state index in [-0.39, 0.29) is 11.3 Å². The third kappa shape index (κ3) is 3.12. The topological polar surface area (TPSA) is 54.0 Å². The second kappa shape index (κ2) is 6.44. The van der Waals surface area contributed by atoms with Gasteiger partial charge >= 0.3 is 0 Å². The monoisotopic (exact) mass is 296 g/mol. The first-order valence-corrected chi connectivity index (χ1v) is 7.93. The van der Waals surface area contributed by atoms with Gasteiger partial charge in [0.1, 0.15) is 0 Å². The van der Waals surface area contributed by atoms with Crippen molar-refractivity contribution in [2.75, 3.05) is 19.6 Å². The first-order valence-electron chi connectivity index (χ1n) is 7.93. The van der Waals surface area contributed by atoms with Crippen LogP contribution in [0.5, 0.6) is 0 Å². The molecule has 2 aromatic rings. The maximum absolute atomic E-state index is 11.2. The van der Waals surface area contributed by atoms with Gasteiger partial charge in [-0.05, 0) is 50.6 Å². The van der Waals surface area contributed by atoms with Crippen LogP contribution in [-0.4, -0.2) is 30.5 Å². The van der Waals surface area contributed by atoms with E-state index in [1.165, 1.54) is 0 Å². The van der Waals surface area contributed by atoms with Gasteiger partial charge in [-0.2, -0.15) is 0 Å². The summed E-state index contributed by atoms with van der Waals surface area (Å²) in [6.07, 6.45) is 3.02. The van der Waals surface area contributed by atoms with E-state index in [2.05, 4.69) is 16.7 Å². The van der Waals surface area contributed by atoms with Crippen molar-refractivity contribution >= 4 is 16.8 Å². The van der Waals surface area contributed by atoms with E-state index in [0.29, 0.717) is 6.54 Å². The van der Waals surface area contributed by atoms with Crippen LogP contribution in [0.25, 0.3) is 10.9 Å². The number of nitrogens with zero attached hydrogens (tertiary/aromatic N) is 1. The minimum atomic E-state index is 0.0297. The SMILES string of the molecule is CC(=O)NCCC1(c2c[c]c3ccccc3n2)CCNCC1. The van der Waals surface area contributed by atoms with Crippen LogP contribution in [0.3, 0.4) is 0 Å². The van der Waals surface area contributed by atoms with Gasteiger partial charge in [0.2, 0.25) is 5.91 Å². The maximum atomic E-state index is 11.2. The van der Waals surface area contributed by atoms with E-state index in [1.54, 1.807) is 6.92 Å². The number of fused-ring (bicyclic) bond motifs is 1. The summed E-state index contributed by atoms with van der Waals surface area (Å²) in [5.41, 5.74) is 2.14. The lowest BCUT2D eigenvalue weighted by Gasteiger charge is -2.37. The van der Waals surface area contributed by atoms with Crippen molar-refractivity contribution in [2.24, 2.45) is 0 Å². The largest absolute Gasteiger partial charge is 0.356 e. The zero-order valence-corrected chi connectivity index (χ0v) is 13.0. The molecule has 1 aromatic carbocycles. The van der Waals surface area contributed by atoms with Crippen molar-refractivity contribution in [3.8, 4) is 0 Å². The molecule has 0 saturated carbocycles. The van der Waals surface area contributed by atoms with Crippen molar-refractivity contribution < 1.29 is 4.79 Å². The predicted molar refractivity (Wildman–Crippen MR) is 87.7 cm³/mol. The van der Waals surface area contributed by atoms with Gasteiger partial charge in [0, 0.05) is 30.0 Å². The minimum absolute atomic E-state index is 0.0297. The van der Waals surface area contributed by atoms with E-state index < -0.39 is 0 Å². The first kappa shape index (κ1) is 15.0. The minimum Gasteiger partial charge on any atom is -0.356 e. The van der Waals surface area contributed by atoms with Crippen LogP contribution in [0.4, 0.5) is 0 Å². The lowest BCUT2D eigenvalue weighted by atomic mass is 9.73. The second-order valence-corrected chi connectivity index (χ2v) is 6.07. The number of pyridine rings is 1. The molecule has 1 amide bonds. The highest BCUT2D eigenvalue weighted by Crippen LogP contribution is 2.36. The zero-order chi connectivity index (χ0) is 15.4. The molecule has 1 aliphatic heterocycles. The predicted octanol–water partition coefficient (Wildman–Crippen LogP) is 2.18. The summed E-state index contributed by atoms with van der Waals surface area (Å²) in [6.45, 7) is 4.25. The number of benzene rings is 1. The van der Waals surface area contributed by atoms with Crippen LogP contribution in [0.1, 0.15) is 31.9 Å². The van der Waals surface area contributed by atoms with Crippen molar-refractivity contribution in [1.82, 2.24) is 15.6 Å². The van der Waals surface area contributed by atoms with E-state index in [1.807, 2.05) is 30.3 Å². The zero-order valence-electron chi connectivity index (χ0n) is 13.0. The van der Waals surface area contributed by atoms with Crippen LogP contribution >= 0.6 is 0 Å². The Morgan fingerprint density at radius 2 is 2.14 bits per heavy atom. The molecule has 0 aliphatic carbocycles. The Hall–Kier alpha value is -1.94. The summed E-state index contributed by atoms with van der Waals surface area (Å²) < 4.78 is 0. The van der Waals surface area contributed by atoms with E-state index in [0.717, 1.165) is 48.9 Å². The number of para-hydroxylation sites is 1. The van der Waals surface area contributed by atoms with Gasteiger partial charge in [0.15, 0.2) is 0 Å². The fourth-order valence-corrected chi connectivity index (χ4v) is 3.29. The lowest BCUT2D eigenvalue weighted by molar-refractivity contribution is -0.119. The Morgan fingerprint density at radius 1 is 1.36 bits per heavy atom. The number of hydrogen-bond acceptors (Lipinski definition) is 3. The number of rotatable bonds is 4. The third-order valence-corrected chi connectivity index (χ3v) is 4.59. The highest BCUT2D eigenvalue weighted by atomic mass is 16.1. The third-order valence-electron chi connectivity index (χ3n) is 4.59. The van der Waals surface area contributed by atoms with Crippen LogP contribution in [0, 0.1) is 6.07 Å². The van der Waals surface area contributed by atoms with Gasteiger partial charge in [-0.25, -0.2) is 0 Å². The smallest absolute Gasteiger partial charge is 0.216 e. The number of hydrogen-bond donors (Lipinski definition) is 2. The highest BCUT2D eigenvalue weighted by Gasteiger charge is 2.35. The quantitative estimate of drug-likeness (QED) is 0.909. The molecule has 4 heteroatoms. The number of carbonyl (C=O) groups is 1. The van der Waals surface area contributed by atoms with E-state index >= 15 is 0 Å². The van der Waals surface area contributed by atoms with Crippen molar-refractivity contribution in [2.45, 2.75) is 31.6 Å². The fraction of sp³-hybridized carbons (Fsp3) is 0.444. The van der Waals surface area contributed by atoms with Gasteiger partial charge in [-0.3, -0.25) is 9.78 Å². The van der Waals surface area contributed by atoms with Gasteiger partial charge in [-0.15, -0.1) is 0 Å². The van der Waals surface area contributed by atoms with Crippen molar-refractivity contribution in [3.63, 3.8) is 0 Å². The number of carbonyl (C=O) groups excluding carboxylic acids is 1. The molecule has 115 valence electrons. The molecule has 1 radical (unpaired) electrons. The van der Waals surface area contributed by atoms with Crippen LogP contribution in [0.15, 0.2) is 30.3 Å². The molecular formula is C18H22N3O. The molecule has 1 fully saturated rings. The van der Waals surface area contributed by atoms with Gasteiger partial charge in [-0.1, -0.05) is 18.2 Å². The summed E-state index contributed by atoms with van der Waals surface area (Å²) in [7, 11) is 0. The molecule has 1 saturated heterocycles. The molecule has 2 N–H and O–H groups in total. The first-order chi connectivity index (χ1) is 10.7. The Bertz CT molecular complexity index is 662. The van der Waals surface area contributed by atoms with Crippen LogP contribution in [0.2, 0.25) is 0 Å². The molecule has 3 rings (SSSR count). The second-order valence-electron chi connectivity index (χ2n) is 6.07. The van der Waals surface area contributed by atoms with Crippen molar-refractivity contribution in [3.05, 3.63) is 42.1 Å². The van der Waals surface area contributed by atoms with E-state index in [9.17, 15) is 4.79 Å². The molecule has 0 unspecified atom stereocenters. The van der Waals surface area contributed by atoms with Gasteiger partial charge in [0.05, 0.1) is 5.52 Å². The maximum Gasteiger partial charge on any atom is 0.216 e. The Labute approximate surface area is 131 Å². The molecule has 22 heavy (non-hydrogen) atoms. The summed E-state index contributed by atoms with van der Waals surface area (Å²) in [5.74, 6) is 0.0297. The Morgan fingerprint density at radius 3 is 2.91 bits per heavy atom. The summed E-state index contributed by atoms with van der Waals surface area (Å²) in [4.78, 5) is 16.1. The van der Waals surface area contributed by atoms with Crippen LogP contribution in [-0.2, 0) is 10.2 Å². The van der Waals surface area contributed by atoms with Gasteiger partial charge in [0.25, 0.3) is 0 Å². The molecule has 1 aromatic heterocycles. The molecular weight excluding hydrogens is 274 g/mol. The molecule has 4 nitrogen and oxygen atoms in total. The Balaban J connectivity index is 1.90. The average molecular weight is 296 g/mol. The lowest BCUT2D eigenvalue weighted by Crippen LogP contribution is -2.42. The summed E-state index contributed by atoms with van der Waals surface area (Å²) >= 11 is 0. The number of amides is 1. The molecule has 0 bridgehead atoms. The van der Waals surface area contributed by atoms with Crippen molar-refractivity contribution in [1.29, 1.82) is 0 Å². The number of piperidine rings is 1. The van der Waals surface area contributed by atoms with Crippen LogP contribution < -0.4 is 10.6 Å². The highest BCUT2D eigenvalue weighted by molar-refractivity contribution is 5.78. The van der Waals surface area contributed by atoms with E-state index in [4.69, 9.17) is 4.98 Å². The number of aromatic nitrogens is 1. The summed E-state index contributed by atoms with van der Waals surface area (Å²) in [5, 5.41) is 7.40. The Kier molecular flexibility index (Phi) is 4.39. The van der Waals surface area contributed by atoms with Gasteiger partial charge < -0.3 is 10.6 Å². The molecule has 0 atom stereocenters. The number of nitrogens with one attached hydrogen (secondary N) is 2. The average Bonchev–Trinajstić information content (AvgIpc) is 2.55. The normalized spacial score (nSPS) is 17.3. The summed E-state index contributed by atoms with van der Waals surface area (Å²) in [6, 6.07) is 13.5. The fourth-order valence-electron chi connectivity index (χ4n) is 3.29. The molecule has 1 aliphatic rings. The standard InChI is InChI=1S/C18H22N3O/c1-14(22)20-13-10-18(8-11-19-12-9-18)17-7-6-15-4-2-3-5-16(15)21-17/h2-5,7,19H,8-13H2,1H3,(H,20,22).